The second-order valence-corrected chi connectivity index (χ2v) is 5.71. The molecule has 2 N–H and O–H groups in total. The fourth-order valence-corrected chi connectivity index (χ4v) is 3.34. The van der Waals surface area contributed by atoms with Gasteiger partial charge in [0, 0.05) is 19.0 Å². The van der Waals surface area contributed by atoms with E-state index in [0.717, 1.165) is 31.7 Å². The summed E-state index contributed by atoms with van der Waals surface area (Å²) in [6, 6.07) is 8.35. The van der Waals surface area contributed by atoms with Gasteiger partial charge < -0.3 is 19.9 Å². The molecule has 1 spiro atoms. The zero-order valence-corrected chi connectivity index (χ0v) is 12.6. The van der Waals surface area contributed by atoms with Crippen LogP contribution < -0.4 is 10.5 Å². The van der Waals surface area contributed by atoms with E-state index in [1.165, 1.54) is 5.56 Å². The van der Waals surface area contributed by atoms with Gasteiger partial charge in [0.2, 0.25) is 0 Å². The van der Waals surface area contributed by atoms with E-state index < -0.39 is 5.79 Å². The fraction of sp³-hybridized carbons (Fsp3) is 0.625. The first kappa shape index (κ1) is 14.8. The van der Waals surface area contributed by atoms with Gasteiger partial charge in [-0.25, -0.2) is 0 Å². The van der Waals surface area contributed by atoms with Crippen molar-refractivity contribution in [3.8, 4) is 5.75 Å². The van der Waals surface area contributed by atoms with Gasteiger partial charge in [0.15, 0.2) is 5.79 Å². The minimum absolute atomic E-state index is 0.195. The molecular formula is C16H24N2O3. The first-order valence-corrected chi connectivity index (χ1v) is 7.62. The van der Waals surface area contributed by atoms with Crippen LogP contribution in [0.4, 0.5) is 0 Å². The zero-order chi connectivity index (χ0) is 14.7. The van der Waals surface area contributed by atoms with E-state index in [9.17, 15) is 0 Å². The summed E-state index contributed by atoms with van der Waals surface area (Å²) in [5, 5.41) is 0. The minimum Gasteiger partial charge on any atom is -0.497 e. The van der Waals surface area contributed by atoms with Gasteiger partial charge in [-0.15, -0.1) is 0 Å². The van der Waals surface area contributed by atoms with Crippen LogP contribution in [-0.4, -0.2) is 50.6 Å². The Morgan fingerprint density at radius 2 is 2.00 bits per heavy atom. The van der Waals surface area contributed by atoms with Crippen LogP contribution in [-0.2, 0) is 9.47 Å². The van der Waals surface area contributed by atoms with Crippen LogP contribution in [0.5, 0.6) is 5.75 Å². The second kappa shape index (κ2) is 6.32. The lowest BCUT2D eigenvalue weighted by Gasteiger charge is -2.42. The van der Waals surface area contributed by atoms with E-state index in [4.69, 9.17) is 19.9 Å². The Balaban J connectivity index is 1.75. The van der Waals surface area contributed by atoms with E-state index >= 15 is 0 Å². The molecule has 1 atom stereocenters. The Bertz CT molecular complexity index is 457. The molecule has 1 aromatic carbocycles. The molecule has 116 valence electrons. The molecule has 3 rings (SSSR count). The van der Waals surface area contributed by atoms with Crippen LogP contribution in [0, 0.1) is 0 Å². The second-order valence-electron chi connectivity index (χ2n) is 5.71. The Kier molecular flexibility index (Phi) is 4.45. The Morgan fingerprint density at radius 3 is 2.62 bits per heavy atom. The van der Waals surface area contributed by atoms with Crippen molar-refractivity contribution in [1.29, 1.82) is 0 Å². The molecule has 5 heteroatoms. The SMILES string of the molecule is COc1ccc(C(CN)N2CCCC3(C2)OCCO3)cc1. The van der Waals surface area contributed by atoms with Crippen molar-refractivity contribution in [3.05, 3.63) is 29.8 Å². The number of ether oxygens (including phenoxy) is 3. The number of methoxy groups -OCH3 is 1. The van der Waals surface area contributed by atoms with Crippen molar-refractivity contribution >= 4 is 0 Å². The molecule has 2 fully saturated rings. The van der Waals surface area contributed by atoms with Crippen molar-refractivity contribution in [2.24, 2.45) is 5.73 Å². The standard InChI is InChI=1S/C16H24N2O3/c1-19-14-5-3-13(4-6-14)15(11-17)18-8-2-7-16(12-18)20-9-10-21-16/h3-6,15H,2,7-12,17H2,1H3. The third-order valence-electron chi connectivity index (χ3n) is 4.43. The van der Waals surface area contributed by atoms with Crippen LogP contribution in [0.2, 0.25) is 0 Å². The van der Waals surface area contributed by atoms with Crippen molar-refractivity contribution < 1.29 is 14.2 Å². The van der Waals surface area contributed by atoms with Crippen molar-refractivity contribution in [2.75, 3.05) is 40.0 Å². The molecule has 0 aliphatic carbocycles. The maximum atomic E-state index is 6.04. The number of rotatable bonds is 4. The molecule has 5 nitrogen and oxygen atoms in total. The summed E-state index contributed by atoms with van der Waals surface area (Å²) in [6.07, 6.45) is 2.05. The third kappa shape index (κ3) is 3.06. The molecule has 0 saturated carbocycles. The van der Waals surface area contributed by atoms with Crippen LogP contribution in [0.1, 0.15) is 24.4 Å². The van der Waals surface area contributed by atoms with E-state index in [-0.39, 0.29) is 6.04 Å². The number of hydrogen-bond acceptors (Lipinski definition) is 5. The van der Waals surface area contributed by atoms with Gasteiger partial charge in [0.1, 0.15) is 5.75 Å². The summed E-state index contributed by atoms with van der Waals surface area (Å²) in [5.41, 5.74) is 7.25. The lowest BCUT2D eigenvalue weighted by atomic mass is 9.98. The highest BCUT2D eigenvalue weighted by atomic mass is 16.7. The Hall–Kier alpha value is -1.14. The van der Waals surface area contributed by atoms with Gasteiger partial charge in [0.25, 0.3) is 0 Å². The maximum Gasteiger partial charge on any atom is 0.181 e. The summed E-state index contributed by atoms with van der Waals surface area (Å²) >= 11 is 0. The van der Waals surface area contributed by atoms with Crippen molar-refractivity contribution in [3.63, 3.8) is 0 Å². The maximum absolute atomic E-state index is 6.04. The highest BCUT2D eigenvalue weighted by Gasteiger charge is 2.42. The van der Waals surface area contributed by atoms with Gasteiger partial charge >= 0.3 is 0 Å². The van der Waals surface area contributed by atoms with Crippen LogP contribution in [0.25, 0.3) is 0 Å². The summed E-state index contributed by atoms with van der Waals surface area (Å²) in [7, 11) is 1.68. The smallest absolute Gasteiger partial charge is 0.181 e. The number of nitrogens with zero attached hydrogens (tertiary/aromatic N) is 1. The monoisotopic (exact) mass is 292 g/mol. The van der Waals surface area contributed by atoms with Crippen LogP contribution >= 0.6 is 0 Å². The quantitative estimate of drug-likeness (QED) is 0.912. The Labute approximate surface area is 126 Å². The van der Waals surface area contributed by atoms with Crippen LogP contribution in [0.15, 0.2) is 24.3 Å². The van der Waals surface area contributed by atoms with Gasteiger partial charge in [-0.05, 0) is 30.7 Å². The van der Waals surface area contributed by atoms with E-state index in [1.54, 1.807) is 7.11 Å². The number of hydrogen-bond donors (Lipinski definition) is 1. The highest BCUT2D eigenvalue weighted by Crippen LogP contribution is 2.34. The molecular weight excluding hydrogens is 268 g/mol. The predicted octanol–water partition coefficient (Wildman–Crippen LogP) is 1.53. The molecule has 2 heterocycles. The van der Waals surface area contributed by atoms with Gasteiger partial charge in [0.05, 0.1) is 26.9 Å². The number of piperidine rings is 1. The third-order valence-corrected chi connectivity index (χ3v) is 4.43. The van der Waals surface area contributed by atoms with Crippen molar-refractivity contribution in [1.82, 2.24) is 4.90 Å². The first-order valence-electron chi connectivity index (χ1n) is 7.62. The zero-order valence-electron chi connectivity index (χ0n) is 12.6. The largest absolute Gasteiger partial charge is 0.497 e. The minimum atomic E-state index is -0.405. The average molecular weight is 292 g/mol. The topological polar surface area (TPSA) is 57.0 Å². The van der Waals surface area contributed by atoms with Gasteiger partial charge in [-0.3, -0.25) is 4.90 Å². The fourth-order valence-electron chi connectivity index (χ4n) is 3.34. The number of likely N-dealkylation sites (tertiary alicyclic amines) is 1. The van der Waals surface area contributed by atoms with E-state index in [1.807, 2.05) is 12.1 Å². The molecule has 1 aromatic rings. The molecule has 0 bridgehead atoms. The summed E-state index contributed by atoms with van der Waals surface area (Å²) in [4.78, 5) is 2.39. The number of benzene rings is 1. The molecule has 0 aromatic heterocycles. The lowest BCUT2D eigenvalue weighted by Crippen LogP contribution is -2.51. The van der Waals surface area contributed by atoms with Crippen molar-refractivity contribution in [2.45, 2.75) is 24.7 Å². The first-order chi connectivity index (χ1) is 10.3. The molecule has 21 heavy (non-hydrogen) atoms. The molecule has 2 saturated heterocycles. The van der Waals surface area contributed by atoms with E-state index in [0.29, 0.717) is 19.8 Å². The number of nitrogens with two attached hydrogens (primary N) is 1. The average Bonchev–Trinajstić information content (AvgIpc) is 2.96. The lowest BCUT2D eigenvalue weighted by molar-refractivity contribution is -0.193. The summed E-state index contributed by atoms with van der Waals surface area (Å²) in [6.45, 7) is 3.80. The predicted molar refractivity (Wildman–Crippen MR) is 80.2 cm³/mol. The van der Waals surface area contributed by atoms with Crippen LogP contribution in [0.3, 0.4) is 0 Å². The molecule has 0 amide bonds. The van der Waals surface area contributed by atoms with E-state index in [2.05, 4.69) is 17.0 Å². The Morgan fingerprint density at radius 1 is 1.29 bits per heavy atom. The highest BCUT2D eigenvalue weighted by molar-refractivity contribution is 5.29. The molecule has 2 aliphatic heterocycles. The van der Waals surface area contributed by atoms with Gasteiger partial charge in [-0.2, -0.15) is 0 Å². The summed E-state index contributed by atoms with van der Waals surface area (Å²) in [5.74, 6) is 0.463. The van der Waals surface area contributed by atoms with Gasteiger partial charge in [-0.1, -0.05) is 12.1 Å². The normalized spacial score (nSPS) is 23.3. The summed E-state index contributed by atoms with van der Waals surface area (Å²) < 4.78 is 16.9. The molecule has 0 radical (unpaired) electrons. The molecule has 2 aliphatic rings. The molecule has 1 unspecified atom stereocenters.